The number of thiophene rings is 1. The number of nitrogens with zero attached hydrogens (tertiary/aromatic N) is 1. The third-order valence-electron chi connectivity index (χ3n) is 3.55. The molecule has 0 saturated carbocycles. The van der Waals surface area contributed by atoms with Crippen LogP contribution in [0.15, 0.2) is 53.2 Å². The quantitative estimate of drug-likeness (QED) is 0.517. The van der Waals surface area contributed by atoms with Crippen LogP contribution in [0.3, 0.4) is 0 Å². The van der Waals surface area contributed by atoms with Crippen molar-refractivity contribution in [2.75, 3.05) is 11.1 Å². The van der Waals surface area contributed by atoms with Gasteiger partial charge in [0.05, 0.1) is 5.52 Å². The van der Waals surface area contributed by atoms with Crippen molar-refractivity contribution in [1.82, 2.24) is 4.98 Å². The van der Waals surface area contributed by atoms with Gasteiger partial charge in [-0.3, -0.25) is 0 Å². The van der Waals surface area contributed by atoms with Gasteiger partial charge < -0.3 is 11.1 Å². The van der Waals surface area contributed by atoms with E-state index in [4.69, 9.17) is 5.73 Å². The maximum Gasteiger partial charge on any atom is 0.139 e. The zero-order valence-electron chi connectivity index (χ0n) is 11.5. The highest BCUT2D eigenvalue weighted by atomic mass is 32.1. The van der Waals surface area contributed by atoms with Crippen LogP contribution in [0.5, 0.6) is 0 Å². The molecule has 2 heterocycles. The van der Waals surface area contributed by atoms with E-state index in [1.165, 1.54) is 12.1 Å². The van der Waals surface area contributed by atoms with Crippen LogP contribution in [0.4, 0.5) is 21.6 Å². The summed E-state index contributed by atoms with van der Waals surface area (Å²) in [6.45, 7) is 0. The number of nitrogens with one attached hydrogen (secondary N) is 1. The van der Waals surface area contributed by atoms with E-state index in [0.29, 0.717) is 17.2 Å². The van der Waals surface area contributed by atoms with Gasteiger partial charge in [0, 0.05) is 32.9 Å². The first-order valence-electron chi connectivity index (χ1n) is 6.78. The average Bonchev–Trinajstić information content (AvgIpc) is 2.97. The zero-order valence-corrected chi connectivity index (χ0v) is 12.3. The maximum atomic E-state index is 13.4. The molecule has 3 N–H and O–H groups in total. The molecule has 0 spiro atoms. The van der Waals surface area contributed by atoms with Gasteiger partial charge in [-0.1, -0.05) is 12.1 Å². The number of anilines is 3. The zero-order chi connectivity index (χ0) is 15.1. The highest BCUT2D eigenvalue weighted by molar-refractivity contribution is 7.09. The second-order valence-corrected chi connectivity index (χ2v) is 5.82. The summed E-state index contributed by atoms with van der Waals surface area (Å²) < 4.78 is 13.4. The summed E-state index contributed by atoms with van der Waals surface area (Å²) >= 11 is 1.61. The smallest absolute Gasteiger partial charge is 0.139 e. The van der Waals surface area contributed by atoms with Gasteiger partial charge in [0.1, 0.15) is 11.6 Å². The van der Waals surface area contributed by atoms with Gasteiger partial charge in [0.25, 0.3) is 0 Å². The molecule has 0 fully saturated rings. The van der Waals surface area contributed by atoms with Crippen molar-refractivity contribution in [3.8, 4) is 0 Å². The molecule has 2 aromatic heterocycles. The first-order chi connectivity index (χ1) is 10.7. The van der Waals surface area contributed by atoms with Crippen LogP contribution in [0.2, 0.25) is 0 Å². The fraction of sp³-hybridized carbons (Fsp3) is 0. The van der Waals surface area contributed by atoms with Crippen molar-refractivity contribution in [2.45, 2.75) is 0 Å². The van der Waals surface area contributed by atoms with Crippen LogP contribution in [0.25, 0.3) is 21.7 Å². The van der Waals surface area contributed by atoms with E-state index >= 15 is 0 Å². The molecule has 0 atom stereocenters. The summed E-state index contributed by atoms with van der Waals surface area (Å²) in [6, 6.07) is 12.1. The maximum absolute atomic E-state index is 13.4. The molecule has 0 radical (unpaired) electrons. The number of pyridine rings is 1. The summed E-state index contributed by atoms with van der Waals surface area (Å²) in [4.78, 5) is 4.65. The molecule has 4 aromatic rings. The molecule has 22 heavy (non-hydrogen) atoms. The molecule has 0 aliphatic heterocycles. The minimum absolute atomic E-state index is 0.281. The molecule has 0 aliphatic rings. The predicted octanol–water partition coefficient (Wildman–Crippen LogP) is 4.91. The molecule has 0 aliphatic carbocycles. The molecule has 4 rings (SSSR count). The Kier molecular flexibility index (Phi) is 2.94. The second-order valence-electron chi connectivity index (χ2n) is 5.07. The van der Waals surface area contributed by atoms with Gasteiger partial charge in [-0.15, -0.1) is 0 Å². The lowest BCUT2D eigenvalue weighted by atomic mass is 10.1. The molecule has 5 heteroatoms. The van der Waals surface area contributed by atoms with E-state index < -0.39 is 0 Å². The van der Waals surface area contributed by atoms with Crippen molar-refractivity contribution in [3.05, 3.63) is 59.0 Å². The van der Waals surface area contributed by atoms with Crippen molar-refractivity contribution >= 4 is 50.2 Å². The van der Waals surface area contributed by atoms with E-state index in [2.05, 4.69) is 15.7 Å². The van der Waals surface area contributed by atoms with Crippen molar-refractivity contribution in [2.24, 2.45) is 0 Å². The van der Waals surface area contributed by atoms with Gasteiger partial charge >= 0.3 is 0 Å². The van der Waals surface area contributed by atoms with Crippen LogP contribution < -0.4 is 11.1 Å². The Balaban J connectivity index is 1.93. The molecule has 0 unspecified atom stereocenters. The van der Waals surface area contributed by atoms with Crippen LogP contribution in [0.1, 0.15) is 0 Å². The Labute approximate surface area is 130 Å². The molecule has 3 nitrogen and oxygen atoms in total. The highest BCUT2D eigenvalue weighted by Gasteiger charge is 2.10. The van der Waals surface area contributed by atoms with E-state index in [-0.39, 0.29) is 5.82 Å². The summed E-state index contributed by atoms with van der Waals surface area (Å²) in [7, 11) is 0. The van der Waals surface area contributed by atoms with E-state index in [1.807, 2.05) is 29.6 Å². The van der Waals surface area contributed by atoms with Gasteiger partial charge in [-0.2, -0.15) is 11.3 Å². The Morgan fingerprint density at radius 2 is 1.86 bits per heavy atom. The number of nitrogen functional groups attached to an aromatic ring is 1. The van der Waals surface area contributed by atoms with E-state index in [1.54, 1.807) is 17.4 Å². The fourth-order valence-corrected chi connectivity index (χ4v) is 3.37. The number of benzene rings is 2. The molecular formula is C17H12FN3S. The van der Waals surface area contributed by atoms with Gasteiger partial charge in [0.2, 0.25) is 0 Å². The molecular weight excluding hydrogens is 297 g/mol. The second kappa shape index (κ2) is 4.96. The summed E-state index contributed by atoms with van der Waals surface area (Å²) in [5.74, 6) is 0.427. The lowest BCUT2D eigenvalue weighted by Crippen LogP contribution is -1.96. The van der Waals surface area contributed by atoms with Gasteiger partial charge in [-0.25, -0.2) is 9.37 Å². The number of nitrogens with two attached hydrogens (primary N) is 1. The standard InChI is InChI=1S/C17H12FN3S/c18-10-2-1-3-12(6-10)20-17-15-9-22-8-14(15)13-5-4-11(19)7-16(13)21-17/h1-9H,19H2,(H,20,21). The Morgan fingerprint density at radius 3 is 2.73 bits per heavy atom. The minimum Gasteiger partial charge on any atom is -0.399 e. The van der Waals surface area contributed by atoms with Gasteiger partial charge in [-0.05, 0) is 35.7 Å². The third-order valence-corrected chi connectivity index (χ3v) is 4.29. The number of hydrogen-bond acceptors (Lipinski definition) is 4. The van der Waals surface area contributed by atoms with Crippen molar-refractivity contribution in [1.29, 1.82) is 0 Å². The normalized spacial score (nSPS) is 11.1. The van der Waals surface area contributed by atoms with Gasteiger partial charge in [0.15, 0.2) is 0 Å². The first kappa shape index (κ1) is 13.0. The predicted molar refractivity (Wildman–Crippen MR) is 91.2 cm³/mol. The number of halogens is 1. The number of fused-ring (bicyclic) bond motifs is 3. The van der Waals surface area contributed by atoms with E-state index in [0.717, 1.165) is 21.7 Å². The summed E-state index contributed by atoms with van der Waals surface area (Å²) in [6.07, 6.45) is 0. The largest absolute Gasteiger partial charge is 0.399 e. The third kappa shape index (κ3) is 2.16. The number of hydrogen-bond donors (Lipinski definition) is 2. The Bertz CT molecular complexity index is 994. The van der Waals surface area contributed by atoms with Crippen LogP contribution in [0, 0.1) is 5.82 Å². The Hall–Kier alpha value is -2.66. The van der Waals surface area contributed by atoms with E-state index in [9.17, 15) is 4.39 Å². The SMILES string of the molecule is Nc1ccc2c(c1)nc(Nc1cccc(F)c1)c1cscc12. The lowest BCUT2D eigenvalue weighted by Gasteiger charge is -2.10. The van der Waals surface area contributed by atoms with Crippen LogP contribution in [-0.4, -0.2) is 4.98 Å². The topological polar surface area (TPSA) is 50.9 Å². The fourth-order valence-electron chi connectivity index (χ4n) is 2.54. The molecule has 2 aromatic carbocycles. The lowest BCUT2D eigenvalue weighted by molar-refractivity contribution is 0.628. The number of rotatable bonds is 2. The molecule has 108 valence electrons. The summed E-state index contributed by atoms with van der Waals surface area (Å²) in [5, 5.41) is 10.5. The minimum atomic E-state index is -0.281. The molecule has 0 amide bonds. The monoisotopic (exact) mass is 309 g/mol. The van der Waals surface area contributed by atoms with Crippen LogP contribution in [-0.2, 0) is 0 Å². The van der Waals surface area contributed by atoms with Crippen LogP contribution >= 0.6 is 11.3 Å². The Morgan fingerprint density at radius 1 is 1.00 bits per heavy atom. The number of aromatic nitrogens is 1. The first-order valence-corrected chi connectivity index (χ1v) is 7.73. The molecule has 0 saturated heterocycles. The highest BCUT2D eigenvalue weighted by Crippen LogP contribution is 2.34. The summed E-state index contributed by atoms with van der Waals surface area (Å²) in [5.41, 5.74) is 8.02. The average molecular weight is 309 g/mol. The van der Waals surface area contributed by atoms with Crippen molar-refractivity contribution < 1.29 is 4.39 Å². The molecule has 0 bridgehead atoms. The van der Waals surface area contributed by atoms with Crippen molar-refractivity contribution in [3.63, 3.8) is 0 Å².